The van der Waals surface area contributed by atoms with Crippen LogP contribution in [0.1, 0.15) is 16.1 Å². The first-order valence-corrected chi connectivity index (χ1v) is 8.08. The molecule has 0 saturated carbocycles. The molecule has 0 saturated heterocycles. The lowest BCUT2D eigenvalue weighted by Gasteiger charge is -2.13. The smallest absolute Gasteiger partial charge is 0.365 e. The normalized spacial score (nSPS) is 11.7. The zero-order chi connectivity index (χ0) is 20.8. The van der Waals surface area contributed by atoms with Crippen molar-refractivity contribution >= 4 is 17.5 Å². The van der Waals surface area contributed by atoms with Crippen LogP contribution in [0.25, 0.3) is 22.4 Å². The van der Waals surface area contributed by atoms with E-state index >= 15 is 0 Å². The van der Waals surface area contributed by atoms with Gasteiger partial charge < -0.3 is 5.73 Å². The lowest BCUT2D eigenvalue weighted by Crippen LogP contribution is -2.18. The Morgan fingerprint density at radius 2 is 1.79 bits per heavy atom. The zero-order valence-corrected chi connectivity index (χ0v) is 14.9. The highest BCUT2D eigenvalue weighted by Gasteiger charge is 2.41. The molecule has 0 unspecified atom stereocenters. The van der Waals surface area contributed by atoms with E-state index in [0.717, 1.165) is 22.9 Å². The molecule has 0 bridgehead atoms. The molecular weight excluding hydrogens is 405 g/mol. The van der Waals surface area contributed by atoms with Gasteiger partial charge in [0.15, 0.2) is 5.69 Å². The van der Waals surface area contributed by atoms with Gasteiger partial charge in [0.2, 0.25) is 0 Å². The lowest BCUT2D eigenvalue weighted by atomic mass is 9.94. The molecule has 0 aliphatic heterocycles. The number of aromatic nitrogens is 2. The first kappa shape index (κ1) is 19.8. The number of rotatable bonds is 3. The largest absolute Gasteiger partial charge is 0.435 e. The summed E-state index contributed by atoms with van der Waals surface area (Å²) in [6.45, 7) is 0. The molecule has 3 aromatic rings. The monoisotopic (exact) mass is 415 g/mol. The van der Waals surface area contributed by atoms with E-state index in [2.05, 4.69) is 5.10 Å². The summed E-state index contributed by atoms with van der Waals surface area (Å²) in [4.78, 5) is 11.8. The third-order valence-corrected chi connectivity index (χ3v) is 4.34. The number of hydrogen-bond acceptors (Lipinski definition) is 2. The molecule has 3 rings (SSSR count). The average molecular weight is 416 g/mol. The molecule has 146 valence electrons. The van der Waals surface area contributed by atoms with Gasteiger partial charge in [-0.2, -0.15) is 18.3 Å². The summed E-state index contributed by atoms with van der Waals surface area (Å²) >= 11 is 5.65. The van der Waals surface area contributed by atoms with E-state index < -0.39 is 35.0 Å². The first-order chi connectivity index (χ1) is 13.0. The molecule has 0 atom stereocenters. The number of carbonyl (C=O) groups is 1. The number of primary amides is 1. The van der Waals surface area contributed by atoms with Crippen molar-refractivity contribution in [2.24, 2.45) is 12.8 Å². The molecule has 4 nitrogen and oxygen atoms in total. The minimum Gasteiger partial charge on any atom is -0.365 e. The summed E-state index contributed by atoms with van der Waals surface area (Å²) in [5.74, 6) is -2.87. The quantitative estimate of drug-likeness (QED) is 0.624. The summed E-state index contributed by atoms with van der Waals surface area (Å²) in [7, 11) is 1.19. The van der Waals surface area contributed by atoms with E-state index in [1.807, 2.05) is 0 Å². The number of amides is 1. The van der Waals surface area contributed by atoms with Crippen molar-refractivity contribution in [2.45, 2.75) is 6.18 Å². The van der Waals surface area contributed by atoms with Crippen LogP contribution in [0, 0.1) is 11.6 Å². The number of carbonyl (C=O) groups excluding carboxylic acids is 1. The standard InChI is InChI=1S/C18H11ClF5N3O/c1-27-15(14(17(25)28)16(26-27)18(22,23)24)10-4-3-9(20)7-11(10)8-2-5-12(19)13(21)6-8/h2-7H,1H3,(H2,25,28). The molecule has 0 aliphatic rings. The molecule has 28 heavy (non-hydrogen) atoms. The van der Waals surface area contributed by atoms with Gasteiger partial charge in [0.25, 0.3) is 5.91 Å². The summed E-state index contributed by atoms with van der Waals surface area (Å²) < 4.78 is 68.5. The number of halogens is 6. The van der Waals surface area contributed by atoms with Crippen molar-refractivity contribution in [3.8, 4) is 22.4 Å². The number of hydrogen-bond donors (Lipinski definition) is 1. The molecule has 1 aromatic heterocycles. The van der Waals surface area contributed by atoms with Crippen molar-refractivity contribution in [3.63, 3.8) is 0 Å². The summed E-state index contributed by atoms with van der Waals surface area (Å²) in [5.41, 5.74) is 2.78. The van der Waals surface area contributed by atoms with Crippen molar-refractivity contribution < 1.29 is 26.7 Å². The van der Waals surface area contributed by atoms with E-state index in [1.165, 1.54) is 25.2 Å². The molecule has 1 amide bonds. The zero-order valence-electron chi connectivity index (χ0n) is 14.1. The molecule has 0 aliphatic carbocycles. The SMILES string of the molecule is Cn1nc(C(F)(F)F)c(C(N)=O)c1-c1ccc(F)cc1-c1ccc(Cl)c(F)c1. The van der Waals surface area contributed by atoms with Gasteiger partial charge in [-0.1, -0.05) is 17.7 Å². The van der Waals surface area contributed by atoms with Crippen LogP contribution in [0.4, 0.5) is 22.0 Å². The van der Waals surface area contributed by atoms with Gasteiger partial charge in [0.05, 0.1) is 16.3 Å². The van der Waals surface area contributed by atoms with Gasteiger partial charge in [-0.25, -0.2) is 8.78 Å². The second-order valence-corrected chi connectivity index (χ2v) is 6.28. The van der Waals surface area contributed by atoms with Crippen molar-refractivity contribution in [1.29, 1.82) is 0 Å². The van der Waals surface area contributed by atoms with Crippen LogP contribution in [0.15, 0.2) is 36.4 Å². The van der Waals surface area contributed by atoms with E-state index in [1.54, 1.807) is 0 Å². The number of alkyl halides is 3. The number of nitrogens with two attached hydrogens (primary N) is 1. The van der Waals surface area contributed by atoms with Crippen LogP contribution >= 0.6 is 11.6 Å². The molecule has 10 heteroatoms. The first-order valence-electron chi connectivity index (χ1n) is 7.70. The Morgan fingerprint density at radius 1 is 1.11 bits per heavy atom. The average Bonchev–Trinajstić information content (AvgIpc) is 2.95. The fourth-order valence-corrected chi connectivity index (χ4v) is 3.01. The highest BCUT2D eigenvalue weighted by atomic mass is 35.5. The Hall–Kier alpha value is -2.94. The second-order valence-electron chi connectivity index (χ2n) is 5.88. The Labute approximate surface area is 160 Å². The number of aryl methyl sites for hydroxylation is 1. The van der Waals surface area contributed by atoms with Gasteiger partial charge in [-0.15, -0.1) is 0 Å². The van der Waals surface area contributed by atoms with E-state index in [9.17, 15) is 26.7 Å². The third kappa shape index (κ3) is 3.45. The topological polar surface area (TPSA) is 60.9 Å². The Kier molecular flexibility index (Phi) is 4.88. The number of nitrogens with zero attached hydrogens (tertiary/aromatic N) is 2. The van der Waals surface area contributed by atoms with Gasteiger partial charge in [0, 0.05) is 12.6 Å². The van der Waals surface area contributed by atoms with Crippen molar-refractivity contribution in [3.05, 3.63) is 64.3 Å². The van der Waals surface area contributed by atoms with Crippen LogP contribution in [0.3, 0.4) is 0 Å². The highest BCUT2D eigenvalue weighted by molar-refractivity contribution is 6.30. The Morgan fingerprint density at radius 3 is 2.36 bits per heavy atom. The van der Waals surface area contributed by atoms with Gasteiger partial charge in [-0.3, -0.25) is 9.48 Å². The van der Waals surface area contributed by atoms with Gasteiger partial charge >= 0.3 is 6.18 Å². The Balaban J connectivity index is 2.36. The number of benzene rings is 2. The third-order valence-electron chi connectivity index (χ3n) is 4.03. The second kappa shape index (κ2) is 6.90. The van der Waals surface area contributed by atoms with E-state index in [4.69, 9.17) is 17.3 Å². The van der Waals surface area contributed by atoms with E-state index in [-0.39, 0.29) is 27.4 Å². The lowest BCUT2D eigenvalue weighted by molar-refractivity contribution is -0.141. The molecule has 0 spiro atoms. The molecule has 1 heterocycles. The molecular formula is C18H11ClF5N3O. The predicted molar refractivity (Wildman–Crippen MR) is 92.5 cm³/mol. The fourth-order valence-electron chi connectivity index (χ4n) is 2.89. The minimum absolute atomic E-state index is 0.0161. The molecule has 0 fully saturated rings. The van der Waals surface area contributed by atoms with Crippen molar-refractivity contribution in [2.75, 3.05) is 0 Å². The predicted octanol–water partition coefficient (Wildman–Crippen LogP) is 4.80. The minimum atomic E-state index is -4.94. The fraction of sp³-hybridized carbons (Fsp3) is 0.111. The van der Waals surface area contributed by atoms with E-state index in [0.29, 0.717) is 0 Å². The maximum absolute atomic E-state index is 13.9. The Bertz CT molecular complexity index is 1090. The van der Waals surface area contributed by atoms with Crippen LogP contribution in [-0.2, 0) is 13.2 Å². The maximum atomic E-state index is 13.9. The van der Waals surface area contributed by atoms with Gasteiger partial charge in [0.1, 0.15) is 11.6 Å². The van der Waals surface area contributed by atoms with Crippen LogP contribution < -0.4 is 5.73 Å². The highest BCUT2D eigenvalue weighted by Crippen LogP contribution is 2.40. The van der Waals surface area contributed by atoms with Crippen molar-refractivity contribution in [1.82, 2.24) is 9.78 Å². The van der Waals surface area contributed by atoms with Crippen LogP contribution in [0.2, 0.25) is 5.02 Å². The summed E-state index contributed by atoms with van der Waals surface area (Å²) in [6, 6.07) is 6.76. The molecule has 0 radical (unpaired) electrons. The summed E-state index contributed by atoms with van der Waals surface area (Å²) in [5, 5.41) is 3.19. The molecule has 2 aromatic carbocycles. The maximum Gasteiger partial charge on any atom is 0.435 e. The van der Waals surface area contributed by atoms with Crippen LogP contribution in [-0.4, -0.2) is 15.7 Å². The van der Waals surface area contributed by atoms with Crippen LogP contribution in [0.5, 0.6) is 0 Å². The summed E-state index contributed by atoms with van der Waals surface area (Å²) in [6.07, 6.45) is -4.94. The van der Waals surface area contributed by atoms with Gasteiger partial charge in [-0.05, 0) is 41.5 Å². The molecule has 2 N–H and O–H groups in total.